The molecule has 0 aliphatic carbocycles. The highest BCUT2D eigenvalue weighted by Crippen LogP contribution is 2.16. The zero-order valence-electron chi connectivity index (χ0n) is 12.4. The van der Waals surface area contributed by atoms with E-state index in [1.807, 2.05) is 32.0 Å². The van der Waals surface area contributed by atoms with Crippen molar-refractivity contribution in [1.82, 2.24) is 0 Å². The van der Waals surface area contributed by atoms with Crippen LogP contribution in [-0.4, -0.2) is 11.9 Å². The van der Waals surface area contributed by atoms with Gasteiger partial charge >= 0.3 is 0 Å². The van der Waals surface area contributed by atoms with Crippen molar-refractivity contribution in [1.29, 1.82) is 0 Å². The number of aryl methyl sites for hydroxylation is 2. The third-order valence-electron chi connectivity index (χ3n) is 3.42. The van der Waals surface area contributed by atoms with Crippen molar-refractivity contribution in [2.24, 2.45) is 0 Å². The molecule has 21 heavy (non-hydrogen) atoms. The van der Waals surface area contributed by atoms with E-state index < -0.39 is 11.9 Å². The van der Waals surface area contributed by atoms with E-state index in [1.165, 1.54) is 17.7 Å². The lowest BCUT2D eigenvalue weighted by Gasteiger charge is -2.16. The van der Waals surface area contributed by atoms with Gasteiger partial charge in [0.05, 0.1) is 5.69 Å². The van der Waals surface area contributed by atoms with Crippen LogP contribution in [-0.2, 0) is 4.79 Å². The molecule has 2 rings (SSSR count). The Bertz CT molecular complexity index is 655. The molecule has 2 N–H and O–H groups in total. The first-order chi connectivity index (χ1) is 9.97. The van der Waals surface area contributed by atoms with Gasteiger partial charge in [-0.05, 0) is 56.2 Å². The lowest BCUT2D eigenvalue weighted by atomic mass is 10.1. The molecule has 0 heterocycles. The summed E-state index contributed by atoms with van der Waals surface area (Å²) in [5.41, 5.74) is 3.41. The van der Waals surface area contributed by atoms with Gasteiger partial charge in [0.2, 0.25) is 5.91 Å². The standard InChI is InChI=1S/C17H19FN2O/c1-11-8-9-14(10-12(11)2)19-13(3)17(21)20-16-7-5-4-6-15(16)18/h4-10,13,19H,1-3H3,(H,20,21). The van der Waals surface area contributed by atoms with Gasteiger partial charge in [0.25, 0.3) is 0 Å². The van der Waals surface area contributed by atoms with Crippen LogP contribution in [0.5, 0.6) is 0 Å². The van der Waals surface area contributed by atoms with Crippen LogP contribution in [0.4, 0.5) is 15.8 Å². The van der Waals surface area contributed by atoms with E-state index in [4.69, 9.17) is 0 Å². The predicted molar refractivity (Wildman–Crippen MR) is 84.0 cm³/mol. The summed E-state index contributed by atoms with van der Waals surface area (Å²) in [4.78, 5) is 12.1. The molecule has 0 bridgehead atoms. The van der Waals surface area contributed by atoms with Crippen LogP contribution in [0.2, 0.25) is 0 Å². The number of carbonyl (C=O) groups is 1. The summed E-state index contributed by atoms with van der Waals surface area (Å²) < 4.78 is 13.5. The maximum atomic E-state index is 13.5. The van der Waals surface area contributed by atoms with E-state index >= 15 is 0 Å². The fraction of sp³-hybridized carbons (Fsp3) is 0.235. The van der Waals surface area contributed by atoms with E-state index in [0.29, 0.717) is 0 Å². The summed E-state index contributed by atoms with van der Waals surface area (Å²) in [5, 5.41) is 5.69. The van der Waals surface area contributed by atoms with Crippen molar-refractivity contribution in [3.05, 3.63) is 59.4 Å². The average Bonchev–Trinajstić information content (AvgIpc) is 2.45. The molecule has 2 aromatic carbocycles. The highest BCUT2D eigenvalue weighted by atomic mass is 19.1. The minimum absolute atomic E-state index is 0.191. The third kappa shape index (κ3) is 3.81. The van der Waals surface area contributed by atoms with Gasteiger partial charge in [0, 0.05) is 5.69 Å². The molecule has 0 aliphatic heterocycles. The molecule has 0 aromatic heterocycles. The van der Waals surface area contributed by atoms with Gasteiger partial charge in [-0.3, -0.25) is 4.79 Å². The molecule has 0 saturated heterocycles. The zero-order chi connectivity index (χ0) is 15.4. The molecule has 0 radical (unpaired) electrons. The molecule has 2 aromatic rings. The number of para-hydroxylation sites is 1. The maximum Gasteiger partial charge on any atom is 0.246 e. The first-order valence-electron chi connectivity index (χ1n) is 6.86. The van der Waals surface area contributed by atoms with Crippen molar-refractivity contribution >= 4 is 17.3 Å². The monoisotopic (exact) mass is 286 g/mol. The summed E-state index contributed by atoms with van der Waals surface area (Å²) >= 11 is 0. The number of rotatable bonds is 4. The van der Waals surface area contributed by atoms with E-state index in [2.05, 4.69) is 10.6 Å². The smallest absolute Gasteiger partial charge is 0.246 e. The summed E-state index contributed by atoms with van der Waals surface area (Å²) in [7, 11) is 0. The second kappa shape index (κ2) is 6.39. The first-order valence-corrected chi connectivity index (χ1v) is 6.86. The normalized spacial score (nSPS) is 11.8. The van der Waals surface area contributed by atoms with Crippen molar-refractivity contribution in [2.75, 3.05) is 10.6 Å². The summed E-state index contributed by atoms with van der Waals surface area (Å²) in [6.07, 6.45) is 0. The van der Waals surface area contributed by atoms with Crippen LogP contribution in [0.1, 0.15) is 18.1 Å². The average molecular weight is 286 g/mol. The molecule has 0 spiro atoms. The van der Waals surface area contributed by atoms with Gasteiger partial charge in [0.15, 0.2) is 0 Å². The zero-order valence-corrected chi connectivity index (χ0v) is 12.4. The van der Waals surface area contributed by atoms with Gasteiger partial charge < -0.3 is 10.6 Å². The number of hydrogen-bond acceptors (Lipinski definition) is 2. The number of nitrogens with one attached hydrogen (secondary N) is 2. The number of halogens is 1. The Morgan fingerprint density at radius 2 is 1.81 bits per heavy atom. The van der Waals surface area contributed by atoms with Crippen LogP contribution in [0.25, 0.3) is 0 Å². The second-order valence-electron chi connectivity index (χ2n) is 5.13. The van der Waals surface area contributed by atoms with Crippen LogP contribution in [0, 0.1) is 19.7 Å². The molecule has 1 amide bonds. The van der Waals surface area contributed by atoms with Gasteiger partial charge in [-0.2, -0.15) is 0 Å². The largest absolute Gasteiger partial charge is 0.374 e. The van der Waals surface area contributed by atoms with Crippen LogP contribution < -0.4 is 10.6 Å². The Kier molecular flexibility index (Phi) is 4.58. The van der Waals surface area contributed by atoms with E-state index in [0.717, 1.165) is 11.3 Å². The van der Waals surface area contributed by atoms with Gasteiger partial charge in [-0.15, -0.1) is 0 Å². The van der Waals surface area contributed by atoms with Crippen molar-refractivity contribution in [3.8, 4) is 0 Å². The van der Waals surface area contributed by atoms with E-state index in [-0.39, 0.29) is 11.6 Å². The summed E-state index contributed by atoms with van der Waals surface area (Å²) in [5.74, 6) is -0.720. The van der Waals surface area contributed by atoms with Crippen molar-refractivity contribution in [2.45, 2.75) is 26.8 Å². The number of hydrogen-bond donors (Lipinski definition) is 2. The molecule has 1 atom stereocenters. The molecule has 1 unspecified atom stereocenters. The van der Waals surface area contributed by atoms with E-state index in [9.17, 15) is 9.18 Å². The molecule has 0 aliphatic rings. The highest BCUT2D eigenvalue weighted by molar-refractivity contribution is 5.96. The molecule has 0 fully saturated rings. The second-order valence-corrected chi connectivity index (χ2v) is 5.13. The minimum atomic E-state index is -0.466. The minimum Gasteiger partial charge on any atom is -0.374 e. The Morgan fingerprint density at radius 1 is 1.10 bits per heavy atom. The molecule has 110 valence electrons. The quantitative estimate of drug-likeness (QED) is 0.895. The molecular weight excluding hydrogens is 267 g/mol. The fourth-order valence-corrected chi connectivity index (χ4v) is 1.95. The highest BCUT2D eigenvalue weighted by Gasteiger charge is 2.14. The van der Waals surface area contributed by atoms with Crippen LogP contribution >= 0.6 is 0 Å². The number of benzene rings is 2. The lowest BCUT2D eigenvalue weighted by Crippen LogP contribution is -2.32. The van der Waals surface area contributed by atoms with Gasteiger partial charge in [-0.1, -0.05) is 18.2 Å². The van der Waals surface area contributed by atoms with Gasteiger partial charge in [0.1, 0.15) is 11.9 Å². The summed E-state index contributed by atoms with van der Waals surface area (Å²) in [6, 6.07) is 11.6. The Morgan fingerprint density at radius 3 is 2.48 bits per heavy atom. The number of anilines is 2. The molecule has 3 nitrogen and oxygen atoms in total. The topological polar surface area (TPSA) is 41.1 Å². The number of amides is 1. The fourth-order valence-electron chi connectivity index (χ4n) is 1.95. The van der Waals surface area contributed by atoms with Crippen LogP contribution in [0.15, 0.2) is 42.5 Å². The van der Waals surface area contributed by atoms with Crippen molar-refractivity contribution < 1.29 is 9.18 Å². The number of carbonyl (C=O) groups excluding carboxylic acids is 1. The van der Waals surface area contributed by atoms with Gasteiger partial charge in [-0.25, -0.2) is 4.39 Å². The lowest BCUT2D eigenvalue weighted by molar-refractivity contribution is -0.116. The SMILES string of the molecule is Cc1ccc(NC(C)C(=O)Nc2ccccc2F)cc1C. The Labute approximate surface area is 124 Å². The molecular formula is C17H19FN2O. The Balaban J connectivity index is 2.02. The van der Waals surface area contributed by atoms with Crippen molar-refractivity contribution in [3.63, 3.8) is 0 Å². The third-order valence-corrected chi connectivity index (χ3v) is 3.42. The predicted octanol–water partition coefficient (Wildman–Crippen LogP) is 3.88. The van der Waals surface area contributed by atoms with E-state index in [1.54, 1.807) is 19.1 Å². The first kappa shape index (κ1) is 15.0. The van der Waals surface area contributed by atoms with Crippen LogP contribution in [0.3, 0.4) is 0 Å². The molecule has 0 saturated carbocycles. The maximum absolute atomic E-state index is 13.5. The summed E-state index contributed by atoms with van der Waals surface area (Å²) in [6.45, 7) is 5.80. The molecule has 4 heteroatoms. The Hall–Kier alpha value is -2.36.